The Labute approximate surface area is 114 Å². The SMILES string of the molecule is C[C@H](NCc1cccc(F)c1Cl)C1CCCCC1. The lowest BCUT2D eigenvalue weighted by molar-refractivity contribution is 0.280. The summed E-state index contributed by atoms with van der Waals surface area (Å²) in [5.74, 6) is 0.423. The van der Waals surface area contributed by atoms with Crippen molar-refractivity contribution in [1.82, 2.24) is 5.32 Å². The Morgan fingerprint density at radius 3 is 2.78 bits per heavy atom. The number of hydrogen-bond donors (Lipinski definition) is 1. The second kappa shape index (κ2) is 6.53. The van der Waals surface area contributed by atoms with Crippen LogP contribution in [0.15, 0.2) is 18.2 Å². The Balaban J connectivity index is 1.88. The van der Waals surface area contributed by atoms with Crippen LogP contribution in [0.4, 0.5) is 4.39 Å². The molecule has 1 aliphatic rings. The van der Waals surface area contributed by atoms with E-state index >= 15 is 0 Å². The summed E-state index contributed by atoms with van der Waals surface area (Å²) in [5, 5.41) is 3.74. The Kier molecular flexibility index (Phi) is 5.02. The molecule has 0 aromatic heterocycles. The molecule has 0 heterocycles. The van der Waals surface area contributed by atoms with Gasteiger partial charge in [-0.05, 0) is 37.3 Å². The predicted octanol–water partition coefficient (Wildman–Crippen LogP) is 4.54. The highest BCUT2D eigenvalue weighted by molar-refractivity contribution is 6.31. The van der Waals surface area contributed by atoms with E-state index in [9.17, 15) is 4.39 Å². The van der Waals surface area contributed by atoms with Gasteiger partial charge in [-0.15, -0.1) is 0 Å². The maximum atomic E-state index is 13.3. The molecule has 1 aromatic rings. The summed E-state index contributed by atoms with van der Waals surface area (Å²) in [5.41, 5.74) is 0.847. The zero-order valence-electron chi connectivity index (χ0n) is 10.9. The Morgan fingerprint density at radius 2 is 2.06 bits per heavy atom. The largest absolute Gasteiger partial charge is 0.310 e. The van der Waals surface area contributed by atoms with E-state index in [0.717, 1.165) is 11.5 Å². The van der Waals surface area contributed by atoms with E-state index in [2.05, 4.69) is 12.2 Å². The number of hydrogen-bond acceptors (Lipinski definition) is 1. The molecule has 1 saturated carbocycles. The highest BCUT2D eigenvalue weighted by atomic mass is 35.5. The first-order chi connectivity index (χ1) is 8.68. The lowest BCUT2D eigenvalue weighted by atomic mass is 9.84. The van der Waals surface area contributed by atoms with E-state index in [1.165, 1.54) is 38.2 Å². The molecule has 1 N–H and O–H groups in total. The summed E-state index contributed by atoms with van der Waals surface area (Å²) in [4.78, 5) is 0. The normalized spacial score (nSPS) is 18.8. The lowest BCUT2D eigenvalue weighted by Crippen LogP contribution is -2.34. The van der Waals surface area contributed by atoms with Crippen LogP contribution in [-0.4, -0.2) is 6.04 Å². The molecular weight excluding hydrogens is 249 g/mol. The third-order valence-electron chi connectivity index (χ3n) is 4.00. The molecule has 0 unspecified atom stereocenters. The second-order valence-electron chi connectivity index (χ2n) is 5.28. The van der Waals surface area contributed by atoms with Crippen molar-refractivity contribution in [3.63, 3.8) is 0 Å². The van der Waals surface area contributed by atoms with Gasteiger partial charge in [0.15, 0.2) is 0 Å². The van der Waals surface area contributed by atoms with Gasteiger partial charge in [0.2, 0.25) is 0 Å². The van der Waals surface area contributed by atoms with Crippen molar-refractivity contribution in [3.8, 4) is 0 Å². The molecule has 0 radical (unpaired) electrons. The first-order valence-electron chi connectivity index (χ1n) is 6.84. The van der Waals surface area contributed by atoms with Gasteiger partial charge in [-0.1, -0.05) is 43.0 Å². The van der Waals surface area contributed by atoms with Gasteiger partial charge in [-0.3, -0.25) is 0 Å². The fourth-order valence-electron chi connectivity index (χ4n) is 2.76. The van der Waals surface area contributed by atoms with Gasteiger partial charge in [-0.25, -0.2) is 4.39 Å². The molecule has 1 fully saturated rings. The number of rotatable bonds is 4. The summed E-state index contributed by atoms with van der Waals surface area (Å²) >= 11 is 5.95. The van der Waals surface area contributed by atoms with Crippen molar-refractivity contribution in [2.24, 2.45) is 5.92 Å². The molecule has 3 heteroatoms. The summed E-state index contributed by atoms with van der Waals surface area (Å²) in [6, 6.07) is 5.47. The van der Waals surface area contributed by atoms with Crippen molar-refractivity contribution in [2.75, 3.05) is 0 Å². The van der Waals surface area contributed by atoms with E-state index in [1.54, 1.807) is 6.07 Å². The Morgan fingerprint density at radius 1 is 1.33 bits per heavy atom. The first kappa shape index (κ1) is 13.8. The van der Waals surface area contributed by atoms with Gasteiger partial charge in [0, 0.05) is 12.6 Å². The van der Waals surface area contributed by atoms with E-state index in [0.29, 0.717) is 12.6 Å². The average molecular weight is 270 g/mol. The third kappa shape index (κ3) is 3.46. The average Bonchev–Trinajstić information content (AvgIpc) is 2.41. The molecule has 1 aliphatic carbocycles. The molecule has 0 amide bonds. The van der Waals surface area contributed by atoms with Crippen LogP contribution < -0.4 is 5.32 Å². The second-order valence-corrected chi connectivity index (χ2v) is 5.66. The summed E-state index contributed by atoms with van der Waals surface area (Å²) in [6.45, 7) is 2.87. The lowest BCUT2D eigenvalue weighted by Gasteiger charge is -2.28. The molecule has 0 spiro atoms. The fraction of sp³-hybridized carbons (Fsp3) is 0.600. The molecule has 0 saturated heterocycles. The van der Waals surface area contributed by atoms with Crippen molar-refractivity contribution in [2.45, 2.75) is 51.6 Å². The first-order valence-corrected chi connectivity index (χ1v) is 7.22. The summed E-state index contributed by atoms with van der Waals surface area (Å²) in [6.07, 6.45) is 6.68. The molecule has 0 bridgehead atoms. The highest BCUT2D eigenvalue weighted by Crippen LogP contribution is 2.27. The molecule has 1 atom stereocenters. The summed E-state index contributed by atoms with van der Waals surface area (Å²) in [7, 11) is 0. The zero-order valence-corrected chi connectivity index (χ0v) is 11.6. The third-order valence-corrected chi connectivity index (χ3v) is 4.43. The minimum Gasteiger partial charge on any atom is -0.310 e. The van der Waals surface area contributed by atoms with Crippen LogP contribution in [0.1, 0.15) is 44.6 Å². The minimum absolute atomic E-state index is 0.251. The van der Waals surface area contributed by atoms with Gasteiger partial charge >= 0.3 is 0 Å². The van der Waals surface area contributed by atoms with Crippen LogP contribution in [0.2, 0.25) is 5.02 Å². The van der Waals surface area contributed by atoms with Crippen LogP contribution in [0.5, 0.6) is 0 Å². The van der Waals surface area contributed by atoms with Crippen LogP contribution in [0.3, 0.4) is 0 Å². The number of nitrogens with one attached hydrogen (secondary N) is 1. The van der Waals surface area contributed by atoms with Crippen LogP contribution in [0, 0.1) is 11.7 Å². The zero-order chi connectivity index (χ0) is 13.0. The van der Waals surface area contributed by atoms with Crippen LogP contribution in [0.25, 0.3) is 0 Å². The minimum atomic E-state index is -0.332. The van der Waals surface area contributed by atoms with Crippen molar-refractivity contribution >= 4 is 11.6 Å². The van der Waals surface area contributed by atoms with Crippen LogP contribution >= 0.6 is 11.6 Å². The topological polar surface area (TPSA) is 12.0 Å². The monoisotopic (exact) mass is 269 g/mol. The predicted molar refractivity (Wildman–Crippen MR) is 74.3 cm³/mol. The van der Waals surface area contributed by atoms with E-state index < -0.39 is 0 Å². The van der Waals surface area contributed by atoms with Crippen molar-refractivity contribution in [3.05, 3.63) is 34.6 Å². The van der Waals surface area contributed by atoms with E-state index in [-0.39, 0.29) is 10.8 Å². The quantitative estimate of drug-likeness (QED) is 0.846. The molecule has 18 heavy (non-hydrogen) atoms. The van der Waals surface area contributed by atoms with Gasteiger partial charge in [0.05, 0.1) is 5.02 Å². The number of halogens is 2. The van der Waals surface area contributed by atoms with E-state index in [1.807, 2.05) is 6.07 Å². The highest BCUT2D eigenvalue weighted by Gasteiger charge is 2.19. The smallest absolute Gasteiger partial charge is 0.142 e. The van der Waals surface area contributed by atoms with Crippen molar-refractivity contribution < 1.29 is 4.39 Å². The molecule has 1 aromatic carbocycles. The van der Waals surface area contributed by atoms with E-state index in [4.69, 9.17) is 11.6 Å². The van der Waals surface area contributed by atoms with Crippen molar-refractivity contribution in [1.29, 1.82) is 0 Å². The van der Waals surface area contributed by atoms with Gasteiger partial charge < -0.3 is 5.32 Å². The Bertz CT molecular complexity index is 388. The Hall–Kier alpha value is -0.600. The molecule has 2 rings (SSSR count). The molecule has 100 valence electrons. The maximum Gasteiger partial charge on any atom is 0.142 e. The standard InChI is InChI=1S/C15H21ClFN/c1-11(12-6-3-2-4-7-12)18-10-13-8-5-9-14(17)15(13)16/h5,8-9,11-12,18H,2-4,6-7,10H2,1H3/t11-/m0/s1. The molecular formula is C15H21ClFN. The van der Waals surface area contributed by atoms with Gasteiger partial charge in [0.1, 0.15) is 5.82 Å². The summed E-state index contributed by atoms with van der Waals surface area (Å²) < 4.78 is 13.3. The number of benzene rings is 1. The fourth-order valence-corrected chi connectivity index (χ4v) is 2.95. The molecule has 1 nitrogen and oxygen atoms in total. The molecule has 0 aliphatic heterocycles. The van der Waals surface area contributed by atoms with Gasteiger partial charge in [0.25, 0.3) is 0 Å². The van der Waals surface area contributed by atoms with Gasteiger partial charge in [-0.2, -0.15) is 0 Å². The van der Waals surface area contributed by atoms with Crippen LogP contribution in [-0.2, 0) is 6.54 Å². The maximum absolute atomic E-state index is 13.3.